The lowest BCUT2D eigenvalue weighted by molar-refractivity contribution is 0.0902. The first-order valence-corrected chi connectivity index (χ1v) is 8.91. The van der Waals surface area contributed by atoms with Crippen molar-refractivity contribution in [2.24, 2.45) is 5.73 Å². The molecule has 21 heavy (non-hydrogen) atoms. The molecule has 1 fully saturated rings. The summed E-state index contributed by atoms with van der Waals surface area (Å²) in [7, 11) is -3.78. The van der Waals surface area contributed by atoms with Crippen LogP contribution in [0.2, 0.25) is 10.0 Å². The highest BCUT2D eigenvalue weighted by atomic mass is 35.5. The van der Waals surface area contributed by atoms with Gasteiger partial charge in [0.05, 0.1) is 11.1 Å². The molecule has 118 valence electrons. The van der Waals surface area contributed by atoms with Gasteiger partial charge in [-0.05, 0) is 37.5 Å². The van der Waals surface area contributed by atoms with Crippen LogP contribution in [0.4, 0.5) is 0 Å². The zero-order valence-electron chi connectivity index (χ0n) is 11.6. The van der Waals surface area contributed by atoms with Crippen molar-refractivity contribution in [3.05, 3.63) is 27.7 Å². The van der Waals surface area contributed by atoms with Gasteiger partial charge in [0.15, 0.2) is 0 Å². The number of halogens is 2. The molecule has 0 saturated carbocycles. The Morgan fingerprint density at radius 2 is 2.19 bits per heavy atom. The Kier molecular flexibility index (Phi) is 5.51. The van der Waals surface area contributed by atoms with Crippen LogP contribution in [-0.2, 0) is 21.3 Å². The lowest BCUT2D eigenvalue weighted by Gasteiger charge is -2.20. The fourth-order valence-corrected chi connectivity index (χ4v) is 4.56. The van der Waals surface area contributed by atoms with E-state index in [-0.39, 0.29) is 33.6 Å². The van der Waals surface area contributed by atoms with Crippen molar-refractivity contribution in [2.75, 3.05) is 6.61 Å². The zero-order valence-corrected chi connectivity index (χ0v) is 13.9. The predicted molar refractivity (Wildman–Crippen MR) is 83.1 cm³/mol. The van der Waals surface area contributed by atoms with Gasteiger partial charge in [0.1, 0.15) is 4.90 Å². The van der Waals surface area contributed by atoms with Gasteiger partial charge >= 0.3 is 0 Å². The van der Waals surface area contributed by atoms with Crippen molar-refractivity contribution in [1.29, 1.82) is 0 Å². The highest BCUT2D eigenvalue weighted by molar-refractivity contribution is 7.89. The topological polar surface area (TPSA) is 81.4 Å². The number of benzene rings is 1. The van der Waals surface area contributed by atoms with E-state index in [4.69, 9.17) is 33.7 Å². The lowest BCUT2D eigenvalue weighted by atomic mass is 10.1. The Hall–Kier alpha value is -0.370. The van der Waals surface area contributed by atoms with Crippen LogP contribution in [0.15, 0.2) is 17.0 Å². The quantitative estimate of drug-likeness (QED) is 0.851. The Labute approximate surface area is 134 Å². The van der Waals surface area contributed by atoms with Crippen LogP contribution >= 0.6 is 23.2 Å². The summed E-state index contributed by atoms with van der Waals surface area (Å²) in [6.45, 7) is 2.55. The highest BCUT2D eigenvalue weighted by Crippen LogP contribution is 2.29. The molecule has 0 bridgehead atoms. The summed E-state index contributed by atoms with van der Waals surface area (Å²) in [5, 5.41) is 0.388. The lowest BCUT2D eigenvalue weighted by Crippen LogP contribution is -2.40. The summed E-state index contributed by atoms with van der Waals surface area (Å²) < 4.78 is 33.1. The maximum atomic E-state index is 12.5. The summed E-state index contributed by atoms with van der Waals surface area (Å²) in [6, 6.07) is 2.55. The van der Waals surface area contributed by atoms with E-state index in [1.807, 2.05) is 0 Å². The zero-order chi connectivity index (χ0) is 15.6. The minimum Gasteiger partial charge on any atom is -0.377 e. The van der Waals surface area contributed by atoms with Gasteiger partial charge in [0.2, 0.25) is 10.0 Å². The van der Waals surface area contributed by atoms with Gasteiger partial charge < -0.3 is 10.5 Å². The number of hydrogen-bond acceptors (Lipinski definition) is 4. The third kappa shape index (κ3) is 3.88. The molecular weight excluding hydrogens is 335 g/mol. The molecule has 8 heteroatoms. The highest BCUT2D eigenvalue weighted by Gasteiger charge is 2.28. The Bertz CT molecular complexity index is 616. The van der Waals surface area contributed by atoms with Crippen molar-refractivity contribution in [2.45, 2.75) is 43.4 Å². The second-order valence-corrected chi connectivity index (χ2v) is 7.54. The first-order chi connectivity index (χ1) is 9.85. The molecular formula is C13H18Cl2N2O3S. The summed E-state index contributed by atoms with van der Waals surface area (Å²) in [5.41, 5.74) is 6.05. The fraction of sp³-hybridized carbons (Fsp3) is 0.538. The molecule has 1 aliphatic heterocycles. The summed E-state index contributed by atoms with van der Waals surface area (Å²) >= 11 is 12.1. The van der Waals surface area contributed by atoms with Crippen molar-refractivity contribution >= 4 is 33.2 Å². The van der Waals surface area contributed by atoms with Gasteiger partial charge in [-0.3, -0.25) is 0 Å². The van der Waals surface area contributed by atoms with Crippen LogP contribution in [0, 0.1) is 0 Å². The SMILES string of the molecule is CC(NS(=O)(=O)c1cc(Cl)cc(CN)c1Cl)C1CCCO1. The Balaban J connectivity index is 2.28. The smallest absolute Gasteiger partial charge is 0.242 e. The second-order valence-electron chi connectivity index (χ2n) is 5.04. The molecule has 0 aliphatic carbocycles. The molecule has 2 rings (SSSR count). The Morgan fingerprint density at radius 3 is 2.76 bits per heavy atom. The molecule has 0 radical (unpaired) electrons. The predicted octanol–water partition coefficient (Wildman–Crippen LogP) is 2.30. The van der Waals surface area contributed by atoms with Gasteiger partial charge in [0, 0.05) is 24.2 Å². The maximum Gasteiger partial charge on any atom is 0.242 e. The maximum absolute atomic E-state index is 12.5. The molecule has 1 aromatic carbocycles. The summed E-state index contributed by atoms with van der Waals surface area (Å²) in [6.07, 6.45) is 1.65. The molecule has 1 aliphatic rings. The number of nitrogens with two attached hydrogens (primary N) is 1. The molecule has 5 nitrogen and oxygen atoms in total. The monoisotopic (exact) mass is 352 g/mol. The normalized spacial score (nSPS) is 20.7. The molecule has 2 atom stereocenters. The largest absolute Gasteiger partial charge is 0.377 e. The number of ether oxygens (including phenoxy) is 1. The van der Waals surface area contributed by atoms with E-state index in [0.29, 0.717) is 12.2 Å². The van der Waals surface area contributed by atoms with E-state index in [1.54, 1.807) is 13.0 Å². The van der Waals surface area contributed by atoms with E-state index in [0.717, 1.165) is 12.8 Å². The van der Waals surface area contributed by atoms with E-state index in [2.05, 4.69) is 4.72 Å². The van der Waals surface area contributed by atoms with Crippen LogP contribution in [0.25, 0.3) is 0 Å². The van der Waals surface area contributed by atoms with Crippen LogP contribution in [0.1, 0.15) is 25.3 Å². The second kappa shape index (κ2) is 6.81. The molecule has 3 N–H and O–H groups in total. The van der Waals surface area contributed by atoms with E-state index in [9.17, 15) is 8.42 Å². The van der Waals surface area contributed by atoms with E-state index >= 15 is 0 Å². The molecule has 0 spiro atoms. The third-order valence-electron chi connectivity index (χ3n) is 3.45. The molecule has 1 heterocycles. The Morgan fingerprint density at radius 1 is 1.48 bits per heavy atom. The first-order valence-electron chi connectivity index (χ1n) is 6.67. The molecule has 0 amide bonds. The molecule has 0 aromatic heterocycles. The van der Waals surface area contributed by atoms with Crippen LogP contribution in [0.3, 0.4) is 0 Å². The van der Waals surface area contributed by atoms with Gasteiger partial charge in [-0.15, -0.1) is 0 Å². The van der Waals surface area contributed by atoms with E-state index in [1.165, 1.54) is 6.07 Å². The van der Waals surface area contributed by atoms with E-state index < -0.39 is 10.0 Å². The average Bonchev–Trinajstić information content (AvgIpc) is 2.94. The third-order valence-corrected chi connectivity index (χ3v) is 5.81. The molecule has 2 unspecified atom stereocenters. The number of rotatable bonds is 5. The fourth-order valence-electron chi connectivity index (χ4n) is 2.34. The van der Waals surface area contributed by atoms with Gasteiger partial charge in [-0.25, -0.2) is 13.1 Å². The standard InChI is InChI=1S/C13H18Cl2N2O3S/c1-8(11-3-2-4-20-11)17-21(18,19)12-6-10(14)5-9(7-16)13(12)15/h5-6,8,11,17H,2-4,7,16H2,1H3. The van der Waals surface area contributed by atoms with Crippen molar-refractivity contribution in [1.82, 2.24) is 4.72 Å². The minimum atomic E-state index is -3.78. The number of nitrogens with one attached hydrogen (secondary N) is 1. The van der Waals surface area contributed by atoms with Crippen molar-refractivity contribution in [3.8, 4) is 0 Å². The first kappa shape index (κ1) is 17.0. The van der Waals surface area contributed by atoms with Crippen molar-refractivity contribution in [3.63, 3.8) is 0 Å². The summed E-state index contributed by atoms with van der Waals surface area (Å²) in [4.78, 5) is -0.0537. The summed E-state index contributed by atoms with van der Waals surface area (Å²) in [5.74, 6) is 0. The average molecular weight is 353 g/mol. The number of sulfonamides is 1. The molecule has 1 saturated heterocycles. The molecule has 1 aromatic rings. The number of hydrogen-bond donors (Lipinski definition) is 2. The van der Waals surface area contributed by atoms with Crippen LogP contribution in [0.5, 0.6) is 0 Å². The van der Waals surface area contributed by atoms with Gasteiger partial charge in [-0.1, -0.05) is 23.2 Å². The van der Waals surface area contributed by atoms with Gasteiger partial charge in [-0.2, -0.15) is 0 Å². The van der Waals surface area contributed by atoms with Crippen molar-refractivity contribution < 1.29 is 13.2 Å². The van der Waals surface area contributed by atoms with Crippen LogP contribution in [-0.4, -0.2) is 27.2 Å². The van der Waals surface area contributed by atoms with Gasteiger partial charge in [0.25, 0.3) is 0 Å². The van der Waals surface area contributed by atoms with Crippen LogP contribution < -0.4 is 10.5 Å². The minimum absolute atomic E-state index is 0.0537.